The molecule has 0 atom stereocenters. The first-order valence-electron chi connectivity index (χ1n) is 8.27. The zero-order chi connectivity index (χ0) is 14.3. The monoisotopic (exact) mass is 267 g/mol. The van der Waals surface area contributed by atoms with Crippen LogP contribution in [-0.2, 0) is 4.79 Å². The van der Waals surface area contributed by atoms with Gasteiger partial charge < -0.3 is 4.90 Å². The molecule has 0 radical (unpaired) electrons. The smallest absolute Gasteiger partial charge is 0.136 e. The van der Waals surface area contributed by atoms with Gasteiger partial charge in [0.2, 0.25) is 0 Å². The van der Waals surface area contributed by atoms with E-state index in [4.69, 9.17) is 0 Å². The van der Waals surface area contributed by atoms with E-state index < -0.39 is 0 Å². The summed E-state index contributed by atoms with van der Waals surface area (Å²) in [6.45, 7) is 11.3. The second kappa shape index (κ2) is 8.73. The van der Waals surface area contributed by atoms with Crippen LogP contribution in [0.25, 0.3) is 0 Å². The van der Waals surface area contributed by atoms with Crippen LogP contribution in [0.1, 0.15) is 72.6 Å². The maximum Gasteiger partial charge on any atom is 0.136 e. The van der Waals surface area contributed by atoms with E-state index in [2.05, 4.69) is 32.6 Å². The van der Waals surface area contributed by atoms with Gasteiger partial charge in [-0.25, -0.2) is 0 Å². The Hall–Kier alpha value is -0.370. The van der Waals surface area contributed by atoms with Gasteiger partial charge in [0.25, 0.3) is 0 Å². The number of rotatable bonds is 8. The second-order valence-electron chi connectivity index (χ2n) is 6.86. The van der Waals surface area contributed by atoms with Crippen molar-refractivity contribution in [2.45, 2.75) is 78.7 Å². The van der Waals surface area contributed by atoms with Crippen LogP contribution >= 0.6 is 0 Å². The Balaban J connectivity index is 2.11. The van der Waals surface area contributed by atoms with Crippen molar-refractivity contribution in [3.8, 4) is 0 Å². The van der Waals surface area contributed by atoms with Gasteiger partial charge in [-0.3, -0.25) is 4.79 Å². The fraction of sp³-hybridized carbons (Fsp3) is 0.941. The topological polar surface area (TPSA) is 20.3 Å². The molecule has 0 aromatic carbocycles. The third-order valence-electron chi connectivity index (χ3n) is 4.42. The Kier molecular flexibility index (Phi) is 7.67. The van der Waals surface area contributed by atoms with Crippen molar-refractivity contribution in [1.82, 2.24) is 4.90 Å². The predicted octanol–water partition coefficient (Wildman–Crippen LogP) is 4.28. The Labute approximate surface area is 119 Å². The second-order valence-corrected chi connectivity index (χ2v) is 6.86. The van der Waals surface area contributed by atoms with Crippen LogP contribution in [0.4, 0.5) is 0 Å². The molecule has 0 N–H and O–H groups in total. The molecule has 0 aromatic rings. The van der Waals surface area contributed by atoms with Crippen LogP contribution in [-0.4, -0.2) is 29.8 Å². The third kappa shape index (κ3) is 6.56. The quantitative estimate of drug-likeness (QED) is 0.612. The molecule has 1 saturated heterocycles. The van der Waals surface area contributed by atoms with Gasteiger partial charge in [0.15, 0.2) is 0 Å². The number of piperidine rings is 1. The summed E-state index contributed by atoms with van der Waals surface area (Å²) in [7, 11) is 0. The molecule has 2 heteroatoms. The summed E-state index contributed by atoms with van der Waals surface area (Å²) in [4.78, 5) is 14.6. The summed E-state index contributed by atoms with van der Waals surface area (Å²) < 4.78 is 0. The number of Topliss-reactive ketones (excluding diaryl/α,β-unsaturated/α-hetero) is 1. The van der Waals surface area contributed by atoms with E-state index in [9.17, 15) is 4.79 Å². The van der Waals surface area contributed by atoms with Gasteiger partial charge in [0, 0.05) is 18.4 Å². The molecule has 0 aliphatic carbocycles. The highest BCUT2D eigenvalue weighted by molar-refractivity contribution is 5.81. The number of nitrogens with zero attached hydrogens (tertiary/aromatic N) is 1. The minimum Gasteiger partial charge on any atom is -0.301 e. The molecular formula is C17H33NO. The van der Waals surface area contributed by atoms with Gasteiger partial charge in [-0.15, -0.1) is 0 Å². The molecule has 19 heavy (non-hydrogen) atoms. The van der Waals surface area contributed by atoms with Crippen molar-refractivity contribution in [3.05, 3.63) is 0 Å². The highest BCUT2D eigenvalue weighted by atomic mass is 16.1. The van der Waals surface area contributed by atoms with Gasteiger partial charge in [0.05, 0.1) is 0 Å². The van der Waals surface area contributed by atoms with Crippen molar-refractivity contribution >= 4 is 5.78 Å². The molecule has 1 aliphatic rings. The largest absolute Gasteiger partial charge is 0.301 e. The predicted molar refractivity (Wildman–Crippen MR) is 82.4 cm³/mol. The van der Waals surface area contributed by atoms with Crippen molar-refractivity contribution in [1.29, 1.82) is 0 Å². The Morgan fingerprint density at radius 3 is 2.21 bits per heavy atom. The standard InChI is InChI=1S/C17H33NO/c1-14(2)8-6-5-7-9-17(19)16-10-12-18(13-11-16)15(3)4/h14-16H,5-13H2,1-4H3. The van der Waals surface area contributed by atoms with Crippen molar-refractivity contribution in [3.63, 3.8) is 0 Å². The van der Waals surface area contributed by atoms with Gasteiger partial charge in [-0.1, -0.05) is 33.1 Å². The van der Waals surface area contributed by atoms with Crippen LogP contribution < -0.4 is 0 Å². The van der Waals surface area contributed by atoms with Gasteiger partial charge in [0.1, 0.15) is 5.78 Å². The molecule has 0 aromatic heterocycles. The lowest BCUT2D eigenvalue weighted by Crippen LogP contribution is -2.40. The first kappa shape index (κ1) is 16.7. The van der Waals surface area contributed by atoms with E-state index >= 15 is 0 Å². The molecule has 112 valence electrons. The van der Waals surface area contributed by atoms with E-state index in [0.717, 1.165) is 44.7 Å². The minimum absolute atomic E-state index is 0.361. The van der Waals surface area contributed by atoms with Gasteiger partial charge >= 0.3 is 0 Å². The lowest BCUT2D eigenvalue weighted by molar-refractivity contribution is -0.124. The van der Waals surface area contributed by atoms with Crippen LogP contribution in [0.15, 0.2) is 0 Å². The van der Waals surface area contributed by atoms with E-state index in [1.807, 2.05) is 0 Å². The average Bonchev–Trinajstić information content (AvgIpc) is 2.37. The molecule has 0 amide bonds. The first-order valence-corrected chi connectivity index (χ1v) is 8.27. The number of hydrogen-bond donors (Lipinski definition) is 0. The van der Waals surface area contributed by atoms with Crippen LogP contribution in [0.2, 0.25) is 0 Å². The number of carbonyl (C=O) groups is 1. The molecule has 1 rings (SSSR count). The number of likely N-dealkylation sites (tertiary alicyclic amines) is 1. The first-order chi connectivity index (χ1) is 9.00. The number of ketones is 1. The summed E-state index contributed by atoms with van der Waals surface area (Å²) >= 11 is 0. The van der Waals surface area contributed by atoms with Crippen molar-refractivity contribution in [2.75, 3.05) is 13.1 Å². The lowest BCUT2D eigenvalue weighted by Gasteiger charge is -2.34. The molecule has 0 saturated carbocycles. The van der Waals surface area contributed by atoms with Crippen molar-refractivity contribution < 1.29 is 4.79 Å². The Morgan fingerprint density at radius 1 is 1.05 bits per heavy atom. The van der Waals surface area contributed by atoms with E-state index in [-0.39, 0.29) is 0 Å². The maximum absolute atomic E-state index is 12.2. The highest BCUT2D eigenvalue weighted by Gasteiger charge is 2.25. The molecule has 0 bridgehead atoms. The highest BCUT2D eigenvalue weighted by Crippen LogP contribution is 2.22. The Morgan fingerprint density at radius 2 is 1.68 bits per heavy atom. The van der Waals surface area contributed by atoms with Gasteiger partial charge in [-0.05, 0) is 52.1 Å². The number of unbranched alkanes of at least 4 members (excludes halogenated alkanes) is 2. The third-order valence-corrected chi connectivity index (χ3v) is 4.42. The summed E-state index contributed by atoms with van der Waals surface area (Å²) in [5, 5.41) is 0. The van der Waals surface area contributed by atoms with Crippen molar-refractivity contribution in [2.24, 2.45) is 11.8 Å². The van der Waals surface area contributed by atoms with Gasteiger partial charge in [-0.2, -0.15) is 0 Å². The van der Waals surface area contributed by atoms with Crippen LogP contribution in [0, 0.1) is 11.8 Å². The molecule has 2 nitrogen and oxygen atoms in total. The van der Waals surface area contributed by atoms with E-state index in [1.54, 1.807) is 0 Å². The average molecular weight is 267 g/mol. The van der Waals surface area contributed by atoms with Crippen LogP contribution in [0.5, 0.6) is 0 Å². The summed E-state index contributed by atoms with van der Waals surface area (Å²) in [5.74, 6) is 1.70. The lowest BCUT2D eigenvalue weighted by atomic mass is 9.89. The van der Waals surface area contributed by atoms with E-state index in [0.29, 0.717) is 17.7 Å². The molecule has 1 heterocycles. The molecule has 1 fully saturated rings. The SMILES string of the molecule is CC(C)CCCCCC(=O)C1CCN(C(C)C)CC1. The molecule has 1 aliphatic heterocycles. The summed E-state index contributed by atoms with van der Waals surface area (Å²) in [6, 6.07) is 0.632. The Bertz CT molecular complexity index is 252. The molecular weight excluding hydrogens is 234 g/mol. The number of carbonyl (C=O) groups excluding carboxylic acids is 1. The fourth-order valence-electron chi connectivity index (χ4n) is 2.97. The number of hydrogen-bond acceptors (Lipinski definition) is 2. The zero-order valence-corrected chi connectivity index (χ0v) is 13.5. The zero-order valence-electron chi connectivity index (χ0n) is 13.5. The summed E-state index contributed by atoms with van der Waals surface area (Å²) in [5.41, 5.74) is 0. The minimum atomic E-state index is 0.361. The fourth-order valence-corrected chi connectivity index (χ4v) is 2.97. The normalized spacial score (nSPS) is 18.4. The molecule has 0 unspecified atom stereocenters. The molecule has 0 spiro atoms. The van der Waals surface area contributed by atoms with E-state index in [1.165, 1.54) is 19.3 Å². The maximum atomic E-state index is 12.2. The van der Waals surface area contributed by atoms with Crippen LogP contribution in [0.3, 0.4) is 0 Å². The summed E-state index contributed by atoms with van der Waals surface area (Å²) in [6.07, 6.45) is 7.93.